The number of carbonyl (C=O) groups excluding carboxylic acids is 1. The zero-order valence-corrected chi connectivity index (χ0v) is 15.0. The Hall–Kier alpha value is -1.06. The maximum Gasteiger partial charge on any atom is 0.633 e. The minimum atomic E-state index is -2.36. The highest BCUT2D eigenvalue weighted by atomic mass is 79.9. The molecule has 1 aliphatic heterocycles. The van der Waals surface area contributed by atoms with E-state index in [-0.39, 0.29) is 17.5 Å². The predicted molar refractivity (Wildman–Crippen MR) is 82.5 cm³/mol. The highest BCUT2D eigenvalue weighted by Gasteiger charge is 2.40. The second-order valence-electron chi connectivity index (χ2n) is 4.66. The van der Waals surface area contributed by atoms with Crippen molar-refractivity contribution in [3.8, 4) is 0 Å². The van der Waals surface area contributed by atoms with Gasteiger partial charge in [-0.25, -0.2) is 4.79 Å². The molecule has 4 atom stereocenters. The van der Waals surface area contributed by atoms with E-state index in [0.29, 0.717) is 0 Å². The minimum Gasteiger partial charge on any atom is -0.460 e. The first-order valence-corrected chi connectivity index (χ1v) is 9.25. The van der Waals surface area contributed by atoms with Crippen LogP contribution in [0.25, 0.3) is 0 Å². The third kappa shape index (κ3) is 4.71. The van der Waals surface area contributed by atoms with Crippen LogP contribution in [0.15, 0.2) is 20.3 Å². The quantitative estimate of drug-likeness (QED) is 0.555. The van der Waals surface area contributed by atoms with Gasteiger partial charge in [0.25, 0.3) is 5.56 Å². The van der Waals surface area contributed by atoms with E-state index in [1.54, 1.807) is 0 Å². The van der Waals surface area contributed by atoms with Gasteiger partial charge in [-0.2, -0.15) is 0 Å². The second-order valence-corrected chi connectivity index (χ2v) is 7.03. The normalized spacial score (nSPS) is 24.5. The molecule has 12 heteroatoms. The molecule has 0 spiro atoms. The van der Waals surface area contributed by atoms with Crippen molar-refractivity contribution < 1.29 is 23.4 Å². The van der Waals surface area contributed by atoms with E-state index >= 15 is 0 Å². The fourth-order valence-corrected chi connectivity index (χ4v) is 2.92. The highest BCUT2D eigenvalue weighted by Crippen LogP contribution is 2.34. The van der Waals surface area contributed by atoms with Gasteiger partial charge < -0.3 is 9.47 Å². The van der Waals surface area contributed by atoms with Crippen LogP contribution in [-0.4, -0.2) is 34.3 Å². The molecule has 1 aromatic heterocycles. The van der Waals surface area contributed by atoms with Crippen LogP contribution in [-0.2, 0) is 23.4 Å². The maximum absolute atomic E-state index is 11.9. The van der Waals surface area contributed by atoms with Crippen LogP contribution in [0.3, 0.4) is 0 Å². The van der Waals surface area contributed by atoms with Crippen molar-refractivity contribution in [1.82, 2.24) is 9.55 Å². The number of ether oxygens (including phenoxy) is 2. The summed E-state index contributed by atoms with van der Waals surface area (Å²) in [5, 5.41) is 0. The topological polar surface area (TPSA) is 117 Å². The zero-order valence-electron chi connectivity index (χ0n) is 11.7. The molecule has 1 aliphatic rings. The van der Waals surface area contributed by atoms with E-state index < -0.39 is 43.0 Å². The van der Waals surface area contributed by atoms with Gasteiger partial charge in [0.1, 0.15) is 25.0 Å². The van der Waals surface area contributed by atoms with Gasteiger partial charge in [0.2, 0.25) is 11.2 Å². The van der Waals surface area contributed by atoms with E-state index in [1.807, 2.05) is 0 Å². The van der Waals surface area contributed by atoms with Crippen LogP contribution in [0.4, 0.5) is 0 Å². The minimum absolute atomic E-state index is 0.147. The van der Waals surface area contributed by atoms with E-state index in [4.69, 9.17) is 25.2 Å². The summed E-state index contributed by atoms with van der Waals surface area (Å²) in [5.74, 6) is -0.533. The van der Waals surface area contributed by atoms with Gasteiger partial charge in [-0.3, -0.25) is 19.1 Å². The second kappa shape index (κ2) is 7.67. The van der Waals surface area contributed by atoms with Crippen LogP contribution in [0, 0.1) is 0 Å². The molecule has 0 radical (unpaired) electrons. The zero-order chi connectivity index (χ0) is 17.1. The van der Waals surface area contributed by atoms with Crippen molar-refractivity contribution in [3.05, 3.63) is 31.5 Å². The molecular weight excluding hydrogens is 418 g/mol. The molecule has 1 unspecified atom stereocenters. The molecule has 23 heavy (non-hydrogen) atoms. The van der Waals surface area contributed by atoms with E-state index in [1.165, 1.54) is 13.1 Å². The summed E-state index contributed by atoms with van der Waals surface area (Å²) < 4.78 is 27.7. The van der Waals surface area contributed by atoms with E-state index in [2.05, 4.69) is 20.9 Å². The van der Waals surface area contributed by atoms with Gasteiger partial charge in [-0.05, 0) is 20.5 Å². The summed E-state index contributed by atoms with van der Waals surface area (Å²) in [6.07, 6.45) is -0.810. The number of nitrogens with one attached hydrogen (secondary N) is 1. The first-order chi connectivity index (χ1) is 10.8. The lowest BCUT2D eigenvalue weighted by molar-refractivity contribution is -0.150. The van der Waals surface area contributed by atoms with Crippen molar-refractivity contribution in [2.24, 2.45) is 0 Å². The van der Waals surface area contributed by atoms with Crippen LogP contribution < -0.4 is 11.2 Å². The fraction of sp³-hybridized carbons (Fsp3) is 0.545. The standard InChI is InChI=1S/C11H11BrClN2O7P/c1-5(16)21-7-2-9(22-8(7)4-20-23(13)19)15-3-6(12)10(17)14-11(15)18/h3,7-9H,2,4H2,1H3/p+1/t7-,8+,9+/m0/s1. The largest absolute Gasteiger partial charge is 0.633 e. The van der Waals surface area contributed by atoms with Gasteiger partial charge in [0.15, 0.2) is 0 Å². The van der Waals surface area contributed by atoms with Crippen LogP contribution in [0.2, 0.25) is 0 Å². The van der Waals surface area contributed by atoms with Crippen molar-refractivity contribution >= 4 is 40.5 Å². The first kappa shape index (κ1) is 18.3. The summed E-state index contributed by atoms with van der Waals surface area (Å²) in [6, 6.07) is 0. The average Bonchev–Trinajstić information content (AvgIpc) is 2.82. The van der Waals surface area contributed by atoms with Crippen LogP contribution in [0.1, 0.15) is 19.6 Å². The summed E-state index contributed by atoms with van der Waals surface area (Å²) in [6.45, 7) is 1.06. The predicted octanol–water partition coefficient (Wildman–Crippen LogP) is 1.43. The SMILES string of the molecule is CC(=O)O[C@H]1C[C@H](n2cc(Br)c(=O)[nH]c2=O)O[C@@H]1CO[P+](=O)Cl. The molecule has 1 N–H and O–H groups in total. The smallest absolute Gasteiger partial charge is 0.460 e. The van der Waals surface area contributed by atoms with Crippen molar-refractivity contribution in [3.63, 3.8) is 0 Å². The Morgan fingerprint density at radius 1 is 1.61 bits per heavy atom. The molecule has 0 saturated carbocycles. The first-order valence-electron chi connectivity index (χ1n) is 6.37. The number of carbonyl (C=O) groups is 1. The Kier molecular flexibility index (Phi) is 6.10. The number of H-pyrrole nitrogens is 1. The highest BCUT2D eigenvalue weighted by molar-refractivity contribution is 9.10. The number of hydrogen-bond donors (Lipinski definition) is 1. The average molecular weight is 431 g/mol. The Morgan fingerprint density at radius 3 is 2.91 bits per heavy atom. The molecule has 1 aromatic rings. The number of esters is 1. The fourth-order valence-electron chi connectivity index (χ4n) is 2.17. The molecule has 9 nitrogen and oxygen atoms in total. The third-order valence-electron chi connectivity index (χ3n) is 3.07. The molecule has 0 aromatic carbocycles. The van der Waals surface area contributed by atoms with Crippen molar-refractivity contribution in [2.75, 3.05) is 6.61 Å². The lowest BCUT2D eigenvalue weighted by Gasteiger charge is -2.15. The van der Waals surface area contributed by atoms with Crippen molar-refractivity contribution in [1.29, 1.82) is 0 Å². The summed E-state index contributed by atoms with van der Waals surface area (Å²) in [5.41, 5.74) is -1.24. The molecule has 1 saturated heterocycles. The molecule has 2 heterocycles. The number of aromatic nitrogens is 2. The van der Waals surface area contributed by atoms with Crippen LogP contribution >= 0.6 is 34.6 Å². The van der Waals surface area contributed by atoms with Crippen molar-refractivity contribution in [2.45, 2.75) is 31.8 Å². The third-order valence-corrected chi connectivity index (χ3v) is 4.28. The number of rotatable bonds is 5. The molecule has 0 bridgehead atoms. The van der Waals surface area contributed by atoms with E-state index in [9.17, 15) is 18.9 Å². The molecule has 1 fully saturated rings. The lowest BCUT2D eigenvalue weighted by atomic mass is 10.2. The molecule has 0 aliphatic carbocycles. The monoisotopic (exact) mass is 429 g/mol. The van der Waals surface area contributed by atoms with Crippen LogP contribution in [0.5, 0.6) is 0 Å². The van der Waals surface area contributed by atoms with Gasteiger partial charge in [0, 0.05) is 19.5 Å². The number of hydrogen-bond acceptors (Lipinski definition) is 7. The number of aromatic amines is 1. The number of halogens is 2. The summed E-state index contributed by atoms with van der Waals surface area (Å²) >= 11 is 8.27. The van der Waals surface area contributed by atoms with Gasteiger partial charge in [-0.1, -0.05) is 0 Å². The van der Waals surface area contributed by atoms with Gasteiger partial charge in [-0.15, -0.1) is 4.52 Å². The Labute approximate surface area is 143 Å². The van der Waals surface area contributed by atoms with Gasteiger partial charge >= 0.3 is 19.0 Å². The molecular formula is C11H12BrClN2O7P+. The summed E-state index contributed by atoms with van der Waals surface area (Å²) in [7, 11) is -2.36. The summed E-state index contributed by atoms with van der Waals surface area (Å²) in [4.78, 5) is 36.5. The number of nitrogens with zero attached hydrogens (tertiary/aromatic N) is 1. The Morgan fingerprint density at radius 2 is 2.30 bits per heavy atom. The van der Waals surface area contributed by atoms with E-state index in [0.717, 1.165) is 4.57 Å². The molecule has 2 rings (SSSR count). The Bertz CT molecular complexity index is 736. The maximum atomic E-state index is 11.9. The molecule has 0 amide bonds. The van der Waals surface area contributed by atoms with Gasteiger partial charge in [0.05, 0.1) is 4.47 Å². The molecule has 126 valence electrons. The Balaban J connectivity index is 2.23. The lowest BCUT2D eigenvalue weighted by Crippen LogP contribution is -2.32.